The molecule has 1 heterocycles. The third kappa shape index (κ3) is 2.44. The lowest BCUT2D eigenvalue weighted by Gasteiger charge is -2.04. The van der Waals surface area contributed by atoms with Gasteiger partial charge in [0.25, 0.3) is 0 Å². The number of anilines is 1. The number of pyridine rings is 1. The van der Waals surface area contributed by atoms with Crippen molar-refractivity contribution < 1.29 is 0 Å². The maximum absolute atomic E-state index is 5.76. The van der Waals surface area contributed by atoms with Gasteiger partial charge in [0, 0.05) is 10.7 Å². The van der Waals surface area contributed by atoms with Gasteiger partial charge < -0.3 is 5.73 Å². The SMILES string of the molecule is Nc1ncc(Br)cc1CCC1CC1. The Kier molecular flexibility index (Phi) is 2.54. The number of nitrogens with zero attached hydrogens (tertiary/aromatic N) is 1. The molecule has 1 aromatic heterocycles. The van der Waals surface area contributed by atoms with Crippen LogP contribution in [0.25, 0.3) is 0 Å². The number of halogens is 1. The van der Waals surface area contributed by atoms with Crippen LogP contribution in [-0.4, -0.2) is 4.98 Å². The molecule has 0 atom stereocenters. The summed E-state index contributed by atoms with van der Waals surface area (Å²) < 4.78 is 1.02. The van der Waals surface area contributed by atoms with Gasteiger partial charge in [-0.1, -0.05) is 12.8 Å². The first kappa shape index (κ1) is 9.00. The molecule has 0 saturated heterocycles. The lowest BCUT2D eigenvalue weighted by atomic mass is 10.1. The second-order valence-corrected chi connectivity index (χ2v) is 4.60. The maximum atomic E-state index is 5.76. The van der Waals surface area contributed by atoms with E-state index in [2.05, 4.69) is 27.0 Å². The van der Waals surface area contributed by atoms with E-state index in [1.807, 2.05) is 0 Å². The van der Waals surface area contributed by atoms with Gasteiger partial charge in [-0.2, -0.15) is 0 Å². The summed E-state index contributed by atoms with van der Waals surface area (Å²) in [5.74, 6) is 1.64. The second-order valence-electron chi connectivity index (χ2n) is 3.68. The highest BCUT2D eigenvalue weighted by Crippen LogP contribution is 2.34. The van der Waals surface area contributed by atoms with Gasteiger partial charge >= 0.3 is 0 Å². The van der Waals surface area contributed by atoms with E-state index in [9.17, 15) is 0 Å². The first-order chi connectivity index (χ1) is 6.25. The Morgan fingerprint density at radius 1 is 1.54 bits per heavy atom. The normalized spacial score (nSPS) is 16.1. The lowest BCUT2D eigenvalue weighted by molar-refractivity contribution is 0.726. The highest BCUT2D eigenvalue weighted by Gasteiger charge is 2.20. The zero-order chi connectivity index (χ0) is 9.26. The molecule has 2 nitrogen and oxygen atoms in total. The van der Waals surface area contributed by atoms with Crippen LogP contribution in [0.5, 0.6) is 0 Å². The molecule has 0 aliphatic heterocycles. The minimum atomic E-state index is 0.684. The quantitative estimate of drug-likeness (QED) is 0.883. The molecule has 0 amide bonds. The first-order valence-electron chi connectivity index (χ1n) is 4.65. The number of rotatable bonds is 3. The predicted octanol–water partition coefficient (Wildman–Crippen LogP) is 2.77. The molecule has 0 unspecified atom stereocenters. The zero-order valence-corrected chi connectivity index (χ0v) is 9.05. The van der Waals surface area contributed by atoms with Gasteiger partial charge in [0.1, 0.15) is 5.82 Å². The monoisotopic (exact) mass is 240 g/mol. The van der Waals surface area contributed by atoms with Gasteiger partial charge in [-0.05, 0) is 46.3 Å². The predicted molar refractivity (Wildman–Crippen MR) is 57.4 cm³/mol. The molecule has 2 rings (SSSR count). The van der Waals surface area contributed by atoms with Crippen molar-refractivity contribution in [1.82, 2.24) is 4.98 Å². The third-order valence-corrected chi connectivity index (χ3v) is 2.92. The number of aromatic nitrogens is 1. The molecule has 1 aliphatic carbocycles. The van der Waals surface area contributed by atoms with Gasteiger partial charge in [0.2, 0.25) is 0 Å². The molecule has 13 heavy (non-hydrogen) atoms. The summed E-state index contributed by atoms with van der Waals surface area (Å²) >= 11 is 3.40. The number of nitrogen functional groups attached to an aromatic ring is 1. The van der Waals surface area contributed by atoms with Crippen LogP contribution in [-0.2, 0) is 6.42 Å². The molecule has 2 N–H and O–H groups in total. The molecule has 1 aliphatic rings. The summed E-state index contributed by atoms with van der Waals surface area (Å²) in [6.07, 6.45) is 6.89. The molecule has 0 spiro atoms. The van der Waals surface area contributed by atoms with Crippen LogP contribution in [0.15, 0.2) is 16.7 Å². The fourth-order valence-corrected chi connectivity index (χ4v) is 1.84. The van der Waals surface area contributed by atoms with Crippen molar-refractivity contribution >= 4 is 21.7 Å². The Morgan fingerprint density at radius 3 is 3.00 bits per heavy atom. The van der Waals surface area contributed by atoms with Crippen molar-refractivity contribution in [2.45, 2.75) is 25.7 Å². The lowest BCUT2D eigenvalue weighted by Crippen LogP contribution is -1.98. The number of nitrogens with two attached hydrogens (primary N) is 1. The Hall–Kier alpha value is -0.570. The van der Waals surface area contributed by atoms with Crippen LogP contribution in [0.3, 0.4) is 0 Å². The summed E-state index contributed by atoms with van der Waals surface area (Å²) in [5.41, 5.74) is 6.95. The van der Waals surface area contributed by atoms with Crippen molar-refractivity contribution in [3.63, 3.8) is 0 Å². The Morgan fingerprint density at radius 2 is 2.31 bits per heavy atom. The van der Waals surface area contributed by atoms with Gasteiger partial charge in [0.15, 0.2) is 0 Å². The van der Waals surface area contributed by atoms with Gasteiger partial charge in [-0.15, -0.1) is 0 Å². The van der Waals surface area contributed by atoms with Crippen molar-refractivity contribution in [3.05, 3.63) is 22.3 Å². The van der Waals surface area contributed by atoms with E-state index in [0.717, 1.165) is 16.8 Å². The summed E-state index contributed by atoms with van der Waals surface area (Å²) in [6.45, 7) is 0. The molecule has 1 saturated carbocycles. The molecular weight excluding hydrogens is 228 g/mol. The molecule has 1 aromatic rings. The van der Waals surface area contributed by atoms with Crippen LogP contribution >= 0.6 is 15.9 Å². The summed E-state index contributed by atoms with van der Waals surface area (Å²) in [4.78, 5) is 4.11. The van der Waals surface area contributed by atoms with Crippen LogP contribution in [0, 0.1) is 5.92 Å². The molecule has 0 aromatic carbocycles. The van der Waals surface area contributed by atoms with Crippen molar-refractivity contribution in [3.8, 4) is 0 Å². The van der Waals surface area contributed by atoms with Crippen LogP contribution in [0.1, 0.15) is 24.8 Å². The first-order valence-corrected chi connectivity index (χ1v) is 5.45. The zero-order valence-electron chi connectivity index (χ0n) is 7.46. The molecule has 1 fully saturated rings. The van der Waals surface area contributed by atoms with Crippen LogP contribution < -0.4 is 5.73 Å². The summed E-state index contributed by atoms with van der Waals surface area (Å²) in [5, 5.41) is 0. The summed E-state index contributed by atoms with van der Waals surface area (Å²) in [6, 6.07) is 2.07. The van der Waals surface area contributed by atoms with Gasteiger partial charge in [-0.3, -0.25) is 0 Å². The second kappa shape index (κ2) is 3.66. The van der Waals surface area contributed by atoms with E-state index in [-0.39, 0.29) is 0 Å². The van der Waals surface area contributed by atoms with Gasteiger partial charge in [0.05, 0.1) is 0 Å². The summed E-state index contributed by atoms with van der Waals surface area (Å²) in [7, 11) is 0. The number of aryl methyl sites for hydroxylation is 1. The minimum Gasteiger partial charge on any atom is -0.383 e. The average molecular weight is 241 g/mol. The van der Waals surface area contributed by atoms with E-state index < -0.39 is 0 Å². The highest BCUT2D eigenvalue weighted by molar-refractivity contribution is 9.10. The molecule has 70 valence electrons. The Labute approximate surface area is 86.7 Å². The molecule has 0 radical (unpaired) electrons. The maximum Gasteiger partial charge on any atom is 0.126 e. The average Bonchev–Trinajstić information content (AvgIpc) is 2.90. The van der Waals surface area contributed by atoms with E-state index in [1.54, 1.807) is 6.20 Å². The smallest absolute Gasteiger partial charge is 0.126 e. The molecular formula is C10H13BrN2. The number of hydrogen-bond donors (Lipinski definition) is 1. The van der Waals surface area contributed by atoms with Crippen molar-refractivity contribution in [2.75, 3.05) is 5.73 Å². The van der Waals surface area contributed by atoms with E-state index in [1.165, 1.54) is 24.8 Å². The molecule has 0 bridgehead atoms. The molecule has 3 heteroatoms. The number of hydrogen-bond acceptors (Lipinski definition) is 2. The fraction of sp³-hybridized carbons (Fsp3) is 0.500. The van der Waals surface area contributed by atoms with E-state index in [4.69, 9.17) is 5.73 Å². The highest BCUT2D eigenvalue weighted by atomic mass is 79.9. The van der Waals surface area contributed by atoms with Crippen LogP contribution in [0.4, 0.5) is 5.82 Å². The topological polar surface area (TPSA) is 38.9 Å². The largest absolute Gasteiger partial charge is 0.383 e. The fourth-order valence-electron chi connectivity index (χ4n) is 1.46. The van der Waals surface area contributed by atoms with E-state index in [0.29, 0.717) is 5.82 Å². The van der Waals surface area contributed by atoms with Gasteiger partial charge in [-0.25, -0.2) is 4.98 Å². The van der Waals surface area contributed by atoms with E-state index >= 15 is 0 Å². The Balaban J connectivity index is 2.03. The third-order valence-electron chi connectivity index (χ3n) is 2.49. The standard InChI is InChI=1S/C10H13BrN2/c11-9-5-8(10(12)13-6-9)4-3-7-1-2-7/h5-7H,1-4H2,(H2,12,13). The Bertz CT molecular complexity index is 308. The minimum absolute atomic E-state index is 0.684. The van der Waals surface area contributed by atoms with Crippen LogP contribution in [0.2, 0.25) is 0 Å². The van der Waals surface area contributed by atoms with Crippen molar-refractivity contribution in [1.29, 1.82) is 0 Å². The van der Waals surface area contributed by atoms with Crippen molar-refractivity contribution in [2.24, 2.45) is 5.92 Å².